The van der Waals surface area contributed by atoms with Crippen LogP contribution >= 0.6 is 0 Å². The topological polar surface area (TPSA) is 210 Å². The van der Waals surface area contributed by atoms with Crippen molar-refractivity contribution in [3.63, 3.8) is 0 Å². The maximum Gasteiger partial charge on any atom is 0.417 e. The van der Waals surface area contributed by atoms with E-state index in [0.717, 1.165) is 11.1 Å². The van der Waals surface area contributed by atoms with Gasteiger partial charge < -0.3 is 43.5 Å². The molecule has 5 aromatic rings. The number of nitro benzene ring substituents is 1. The second kappa shape index (κ2) is 25.0. The number of oxime groups is 1. The van der Waals surface area contributed by atoms with Crippen LogP contribution in [0.1, 0.15) is 67.6 Å². The molecule has 0 radical (unpaired) electrons. The molecule has 1 aliphatic heterocycles. The number of aliphatic hydroxyl groups is 2. The number of nitrogens with zero attached hydrogens (tertiary/aromatic N) is 3. The Morgan fingerprint density at radius 3 is 2.29 bits per heavy atom. The first-order valence-electron chi connectivity index (χ1n) is 24.9. The summed E-state index contributed by atoms with van der Waals surface area (Å²) in [5, 5.41) is 39.4. The Kier molecular flexibility index (Phi) is 17.8. The predicted molar refractivity (Wildman–Crippen MR) is 276 cm³/mol. The first kappa shape index (κ1) is 53.5. The highest BCUT2D eigenvalue weighted by Gasteiger charge is 2.66. The van der Waals surface area contributed by atoms with Gasteiger partial charge in [0, 0.05) is 55.9 Å². The number of unbranched alkanes of at least 4 members (excludes halogenated alkanes) is 2. The third-order valence-corrected chi connectivity index (χ3v) is 13.9. The molecular weight excluding hydrogens is 968 g/mol. The van der Waals surface area contributed by atoms with Crippen molar-refractivity contribution in [1.82, 2.24) is 4.90 Å². The lowest BCUT2D eigenvalue weighted by Gasteiger charge is -2.59. The highest BCUT2D eigenvalue weighted by Crippen LogP contribution is 2.62. The molecule has 394 valence electrons. The molecule has 1 heterocycles. The molecule has 0 saturated heterocycles. The Labute approximate surface area is 434 Å². The summed E-state index contributed by atoms with van der Waals surface area (Å²) in [5.41, 5.74) is 3.45. The van der Waals surface area contributed by atoms with E-state index >= 15 is 4.79 Å². The zero-order valence-electron chi connectivity index (χ0n) is 41.8. The number of non-ortho nitro benzene ring substituents is 1. The number of allylic oxidation sites excluding steroid dienone is 1. The second-order valence-electron chi connectivity index (χ2n) is 18.5. The Morgan fingerprint density at radius 1 is 0.880 bits per heavy atom. The van der Waals surface area contributed by atoms with Crippen molar-refractivity contribution in [2.75, 3.05) is 39.4 Å². The Morgan fingerprint density at radius 2 is 1.60 bits per heavy atom. The van der Waals surface area contributed by atoms with E-state index in [1.165, 1.54) is 55.5 Å². The predicted octanol–water partition coefficient (Wildman–Crippen LogP) is 10.9. The maximum atomic E-state index is 15.1. The highest BCUT2D eigenvalue weighted by atomic mass is 19.1. The van der Waals surface area contributed by atoms with Crippen LogP contribution < -0.4 is 29.0 Å². The molecule has 3 aliphatic rings. The number of ether oxygens (including phenoxy) is 6. The van der Waals surface area contributed by atoms with Crippen LogP contribution in [0.25, 0.3) is 0 Å². The minimum Gasteiger partial charge on any atom is -0.497 e. The lowest BCUT2D eigenvalue weighted by atomic mass is 9.55. The summed E-state index contributed by atoms with van der Waals surface area (Å²) < 4.78 is 51.9. The molecule has 0 bridgehead atoms. The van der Waals surface area contributed by atoms with Gasteiger partial charge in [0.05, 0.1) is 43.1 Å². The number of nitrogens with one attached hydrogen (secondary N) is 1. The van der Waals surface area contributed by atoms with E-state index < -0.39 is 46.6 Å². The van der Waals surface area contributed by atoms with Crippen LogP contribution in [0.4, 0.5) is 25.4 Å². The number of hydrogen-bond acceptors (Lipinski definition) is 14. The van der Waals surface area contributed by atoms with Crippen LogP contribution in [0, 0.1) is 33.7 Å². The fourth-order valence-corrected chi connectivity index (χ4v) is 10.5. The summed E-state index contributed by atoms with van der Waals surface area (Å²) in [5.74, 6) is -2.35. The molecule has 2 amide bonds. The van der Waals surface area contributed by atoms with Crippen LogP contribution in [-0.2, 0) is 22.7 Å². The van der Waals surface area contributed by atoms with Gasteiger partial charge in [0.25, 0.3) is 5.69 Å². The summed E-state index contributed by atoms with van der Waals surface area (Å²) in [6.07, 6.45) is 5.82. The van der Waals surface area contributed by atoms with Crippen molar-refractivity contribution in [3.8, 4) is 28.7 Å². The standard InChI is InChI=1S/C57H61FN4O13/c1-4-30-71-57-52(61(35-37-16-18-40(58)19-17-37)56(66)74-42-22-20-41(21-23-42)62(67)68)34-49(60-72-36-38-12-6-5-7-13-38)46-31-39(14-8-10-28-63)45(15-9-11-29-64)53(54(46)57)47-32-44(25-27-50(47)75-57)73-55(65)59-48-26-24-43(69-2)33-51(48)70-3/h4-7,12-13,16-27,31-33,39,45,52-54,63-64H,1,8-11,14-15,28-30,34-36H2,2-3H3,(H,59,65). The SMILES string of the molecule is C=CCOC12Oc3ccc(OC(=O)Nc4ccc(OC)cc4OC)cc3C3C(CCCCO)C(CCCCO)C=C(C(=NOCc4ccccc4)CC1N(Cc1ccc(F)cc1)C(=O)Oc1ccc([N+](=O)[O-])cc1)C32. The van der Waals surface area contributed by atoms with E-state index in [9.17, 15) is 29.5 Å². The first-order valence-corrected chi connectivity index (χ1v) is 24.9. The van der Waals surface area contributed by atoms with Gasteiger partial charge in [-0.1, -0.05) is 72.6 Å². The van der Waals surface area contributed by atoms with Crippen molar-refractivity contribution < 1.29 is 62.4 Å². The van der Waals surface area contributed by atoms with Gasteiger partial charge in [-0.15, -0.1) is 6.58 Å². The van der Waals surface area contributed by atoms with Gasteiger partial charge in [-0.3, -0.25) is 20.3 Å². The van der Waals surface area contributed by atoms with Crippen LogP contribution in [0.3, 0.4) is 0 Å². The summed E-state index contributed by atoms with van der Waals surface area (Å²) in [6.45, 7) is 3.90. The van der Waals surface area contributed by atoms with Gasteiger partial charge >= 0.3 is 12.2 Å². The molecule has 75 heavy (non-hydrogen) atoms. The van der Waals surface area contributed by atoms with E-state index in [0.29, 0.717) is 78.3 Å². The number of benzene rings is 5. The number of rotatable bonds is 23. The number of carbonyl (C=O) groups excluding carboxylic acids is 2. The molecule has 0 aromatic heterocycles. The normalized spacial score (nSPS) is 20.8. The molecule has 8 rings (SSSR count). The minimum absolute atomic E-state index is 0.00639. The molecule has 1 saturated carbocycles. The monoisotopic (exact) mass is 1030 g/mol. The number of carbonyl (C=O) groups is 2. The minimum atomic E-state index is -1.75. The number of nitro groups is 1. The number of halogens is 1. The third kappa shape index (κ3) is 12.4. The Bertz CT molecular complexity index is 2850. The van der Waals surface area contributed by atoms with Gasteiger partial charge in [-0.2, -0.15) is 0 Å². The molecule has 0 spiro atoms. The van der Waals surface area contributed by atoms with E-state index in [4.69, 9.17) is 38.4 Å². The number of amides is 2. The van der Waals surface area contributed by atoms with E-state index in [2.05, 4.69) is 18.0 Å². The molecule has 17 nitrogen and oxygen atoms in total. The van der Waals surface area contributed by atoms with Gasteiger partial charge in [0.15, 0.2) is 0 Å². The summed E-state index contributed by atoms with van der Waals surface area (Å²) in [4.78, 5) is 47.6. The quantitative estimate of drug-likeness (QED) is 0.0241. The van der Waals surface area contributed by atoms with Crippen molar-refractivity contribution in [3.05, 3.63) is 172 Å². The zero-order valence-corrected chi connectivity index (χ0v) is 41.8. The number of aliphatic hydroxyl groups excluding tert-OH is 2. The fraction of sp³-hybridized carbons (Fsp3) is 0.351. The van der Waals surface area contributed by atoms with Crippen molar-refractivity contribution >= 4 is 29.3 Å². The van der Waals surface area contributed by atoms with E-state index in [-0.39, 0.29) is 68.4 Å². The molecule has 6 atom stereocenters. The lowest BCUT2D eigenvalue weighted by molar-refractivity contribution is -0.384. The van der Waals surface area contributed by atoms with Crippen LogP contribution in [0.2, 0.25) is 0 Å². The molecule has 5 aromatic carbocycles. The summed E-state index contributed by atoms with van der Waals surface area (Å²) >= 11 is 0. The van der Waals surface area contributed by atoms with Gasteiger partial charge in [-0.25, -0.2) is 14.0 Å². The molecule has 1 fully saturated rings. The molecule has 18 heteroatoms. The number of methoxy groups -OCH3 is 2. The second-order valence-corrected chi connectivity index (χ2v) is 18.5. The lowest BCUT2D eigenvalue weighted by Crippen LogP contribution is -2.70. The van der Waals surface area contributed by atoms with Crippen molar-refractivity contribution in [2.45, 2.75) is 75.8 Å². The van der Waals surface area contributed by atoms with Gasteiger partial charge in [0.1, 0.15) is 47.2 Å². The van der Waals surface area contributed by atoms with Crippen LogP contribution in [0.15, 0.2) is 145 Å². The fourth-order valence-electron chi connectivity index (χ4n) is 10.5. The Balaban J connectivity index is 1.31. The molecule has 6 unspecified atom stereocenters. The van der Waals surface area contributed by atoms with Gasteiger partial charge in [0.2, 0.25) is 5.79 Å². The molecular formula is C57H61FN4O13. The maximum absolute atomic E-state index is 15.1. The van der Waals surface area contributed by atoms with E-state index in [1.54, 1.807) is 54.6 Å². The van der Waals surface area contributed by atoms with Crippen LogP contribution in [0.5, 0.6) is 28.7 Å². The highest BCUT2D eigenvalue weighted by molar-refractivity contribution is 6.03. The van der Waals surface area contributed by atoms with Crippen molar-refractivity contribution in [2.24, 2.45) is 22.9 Å². The zero-order chi connectivity index (χ0) is 52.9. The van der Waals surface area contributed by atoms with Crippen molar-refractivity contribution in [1.29, 1.82) is 0 Å². The largest absolute Gasteiger partial charge is 0.497 e. The first-order chi connectivity index (χ1) is 36.5. The van der Waals surface area contributed by atoms with Crippen LogP contribution in [-0.4, -0.2) is 83.8 Å². The Hall–Kier alpha value is -7.80. The van der Waals surface area contributed by atoms with Gasteiger partial charge in [-0.05, 0) is 109 Å². The average molecular weight is 1030 g/mol. The molecule has 2 aliphatic carbocycles. The van der Waals surface area contributed by atoms with E-state index in [1.807, 2.05) is 30.3 Å². The average Bonchev–Trinajstić information content (AvgIpc) is 3.50. The summed E-state index contributed by atoms with van der Waals surface area (Å²) in [7, 11) is 2.99. The number of anilines is 1. The summed E-state index contributed by atoms with van der Waals surface area (Å²) in [6, 6.07) is 29.3. The number of fused-ring (bicyclic) bond motifs is 2. The molecule has 3 N–H and O–H groups in total. The third-order valence-electron chi connectivity index (χ3n) is 13.9. The number of hydrogen-bond donors (Lipinski definition) is 3. The smallest absolute Gasteiger partial charge is 0.417 e.